The Balaban J connectivity index is 1.27. The number of hydrogen-bond acceptors (Lipinski definition) is 5. The van der Waals surface area contributed by atoms with E-state index in [4.69, 9.17) is 9.47 Å². The zero-order valence-electron chi connectivity index (χ0n) is 17.1. The summed E-state index contributed by atoms with van der Waals surface area (Å²) in [6.07, 6.45) is 5.40. The molecule has 2 saturated carbocycles. The Kier molecular flexibility index (Phi) is 5.41. The Morgan fingerprint density at radius 3 is 2.70 bits per heavy atom. The van der Waals surface area contributed by atoms with Gasteiger partial charge in [0.25, 0.3) is 0 Å². The van der Waals surface area contributed by atoms with Crippen LogP contribution in [0.1, 0.15) is 56.4 Å². The first kappa shape index (κ1) is 19.8. The van der Waals surface area contributed by atoms with Crippen molar-refractivity contribution >= 4 is 17.5 Å². The van der Waals surface area contributed by atoms with Crippen LogP contribution in [0.3, 0.4) is 0 Å². The van der Waals surface area contributed by atoms with Crippen molar-refractivity contribution in [1.29, 1.82) is 0 Å². The molecule has 4 atom stereocenters. The Morgan fingerprint density at radius 1 is 1.17 bits per heavy atom. The maximum absolute atomic E-state index is 12.3. The summed E-state index contributed by atoms with van der Waals surface area (Å²) in [4.78, 5) is 24.6. The average Bonchev–Trinajstić information content (AvgIpc) is 3.45. The molecule has 4 aliphatic rings. The van der Waals surface area contributed by atoms with Gasteiger partial charge in [-0.25, -0.2) is 0 Å². The highest BCUT2D eigenvalue weighted by Gasteiger charge is 2.46. The summed E-state index contributed by atoms with van der Waals surface area (Å²) in [7, 11) is 0. The minimum Gasteiger partial charge on any atom is -0.487 e. The molecule has 2 heterocycles. The van der Waals surface area contributed by atoms with Crippen LogP contribution in [-0.2, 0) is 14.3 Å². The number of rotatable bonds is 7. The van der Waals surface area contributed by atoms with Gasteiger partial charge in [0.15, 0.2) is 0 Å². The maximum Gasteiger partial charge on any atom is 0.227 e. The second kappa shape index (κ2) is 8.19. The number of carbonyl (C=O) groups is 2. The predicted molar refractivity (Wildman–Crippen MR) is 110 cm³/mol. The van der Waals surface area contributed by atoms with Crippen molar-refractivity contribution in [2.24, 2.45) is 11.8 Å². The molecule has 162 valence electrons. The molecular weight excluding hydrogens is 384 g/mol. The van der Waals surface area contributed by atoms with Crippen molar-refractivity contribution in [3.05, 3.63) is 23.8 Å². The van der Waals surface area contributed by atoms with E-state index >= 15 is 0 Å². The van der Waals surface area contributed by atoms with Gasteiger partial charge in [0, 0.05) is 29.6 Å². The minimum absolute atomic E-state index is 0.00249. The number of fused-ring (bicyclic) bond motifs is 3. The van der Waals surface area contributed by atoms with Gasteiger partial charge in [0.2, 0.25) is 11.8 Å². The molecule has 2 aliphatic heterocycles. The molecule has 1 saturated heterocycles. The van der Waals surface area contributed by atoms with Crippen molar-refractivity contribution in [2.45, 2.75) is 69.2 Å². The SMILES string of the molecule is O=C(C[C@@H]1C[C@@H]2c3cc(NC(=O)C4CCC4)ccc3O[C@@H]2[C@H](CO)O1)NCC1CC1. The lowest BCUT2D eigenvalue weighted by atomic mass is 9.83. The fraction of sp³-hybridized carbons (Fsp3) is 0.652. The highest BCUT2D eigenvalue weighted by atomic mass is 16.6. The molecule has 0 aromatic heterocycles. The van der Waals surface area contributed by atoms with Gasteiger partial charge in [-0.2, -0.15) is 0 Å². The van der Waals surface area contributed by atoms with E-state index in [9.17, 15) is 14.7 Å². The van der Waals surface area contributed by atoms with Crippen molar-refractivity contribution in [2.75, 3.05) is 18.5 Å². The van der Waals surface area contributed by atoms with Gasteiger partial charge in [-0.15, -0.1) is 0 Å². The first-order valence-corrected chi connectivity index (χ1v) is 11.2. The molecule has 3 fully saturated rings. The van der Waals surface area contributed by atoms with Crippen LogP contribution in [0.4, 0.5) is 5.69 Å². The largest absolute Gasteiger partial charge is 0.487 e. The Labute approximate surface area is 176 Å². The number of ether oxygens (including phenoxy) is 2. The van der Waals surface area contributed by atoms with Gasteiger partial charge < -0.3 is 25.2 Å². The molecule has 30 heavy (non-hydrogen) atoms. The van der Waals surface area contributed by atoms with E-state index in [1.54, 1.807) is 0 Å². The fourth-order valence-corrected chi connectivity index (χ4v) is 4.74. The third-order valence-electron chi connectivity index (χ3n) is 6.94. The lowest BCUT2D eigenvalue weighted by Crippen LogP contribution is -2.47. The van der Waals surface area contributed by atoms with Crippen molar-refractivity contribution < 1.29 is 24.2 Å². The minimum atomic E-state index is -0.467. The molecule has 2 amide bonds. The van der Waals surface area contributed by atoms with Gasteiger partial charge in [0.05, 0.1) is 19.1 Å². The zero-order chi connectivity index (χ0) is 20.7. The number of benzene rings is 1. The summed E-state index contributed by atoms with van der Waals surface area (Å²) >= 11 is 0. The van der Waals surface area contributed by atoms with Crippen molar-refractivity contribution in [3.63, 3.8) is 0 Å². The van der Waals surface area contributed by atoms with E-state index in [0.29, 0.717) is 18.8 Å². The van der Waals surface area contributed by atoms with Crippen LogP contribution in [0.2, 0.25) is 0 Å². The summed E-state index contributed by atoms with van der Waals surface area (Å²) in [5, 5.41) is 15.9. The Hall–Kier alpha value is -2.12. The van der Waals surface area contributed by atoms with E-state index in [1.807, 2.05) is 18.2 Å². The van der Waals surface area contributed by atoms with Gasteiger partial charge in [-0.05, 0) is 56.2 Å². The lowest BCUT2D eigenvalue weighted by Gasteiger charge is -2.37. The second-order valence-corrected chi connectivity index (χ2v) is 9.23. The first-order chi connectivity index (χ1) is 14.6. The van der Waals surface area contributed by atoms with E-state index in [2.05, 4.69) is 10.6 Å². The standard InChI is InChI=1S/C23H30N2O5/c26-12-20-22-18(9-16(29-20)10-21(27)24-11-13-4-5-13)17-8-15(6-7-19(17)30-22)25-23(28)14-2-1-3-14/h6-8,13-14,16,18,20,22,26H,1-5,9-12H2,(H,24,27)(H,25,28)/t16-,18+,20-,22-/m0/s1. The third-order valence-corrected chi connectivity index (χ3v) is 6.94. The van der Waals surface area contributed by atoms with E-state index in [-0.39, 0.29) is 42.5 Å². The summed E-state index contributed by atoms with van der Waals surface area (Å²) in [6.45, 7) is 0.595. The second-order valence-electron chi connectivity index (χ2n) is 9.23. The Bertz CT molecular complexity index is 820. The molecule has 0 bridgehead atoms. The first-order valence-electron chi connectivity index (χ1n) is 11.2. The van der Waals surface area contributed by atoms with Crippen LogP contribution in [0.15, 0.2) is 18.2 Å². The number of aliphatic hydroxyl groups excluding tert-OH is 1. The summed E-state index contributed by atoms with van der Waals surface area (Å²) in [6, 6.07) is 5.74. The molecular formula is C23H30N2O5. The number of hydrogen-bond donors (Lipinski definition) is 3. The molecule has 7 nitrogen and oxygen atoms in total. The summed E-state index contributed by atoms with van der Waals surface area (Å²) in [5.74, 6) is 1.66. The van der Waals surface area contributed by atoms with Crippen LogP contribution in [0, 0.1) is 11.8 Å². The third kappa shape index (κ3) is 4.05. The van der Waals surface area contributed by atoms with Gasteiger partial charge in [-0.3, -0.25) is 9.59 Å². The highest BCUT2D eigenvalue weighted by Crippen LogP contribution is 2.47. The lowest BCUT2D eigenvalue weighted by molar-refractivity contribution is -0.142. The number of amides is 2. The smallest absolute Gasteiger partial charge is 0.227 e. The zero-order valence-corrected chi connectivity index (χ0v) is 17.1. The van der Waals surface area contributed by atoms with Crippen LogP contribution in [0.5, 0.6) is 5.75 Å². The molecule has 0 unspecified atom stereocenters. The van der Waals surface area contributed by atoms with Gasteiger partial charge in [-0.1, -0.05) is 6.42 Å². The molecule has 0 spiro atoms. The summed E-state index contributed by atoms with van der Waals surface area (Å²) in [5.41, 5.74) is 1.80. The fourth-order valence-electron chi connectivity index (χ4n) is 4.74. The number of anilines is 1. The van der Waals surface area contributed by atoms with Crippen molar-refractivity contribution in [3.8, 4) is 5.75 Å². The molecule has 7 heteroatoms. The van der Waals surface area contributed by atoms with Crippen LogP contribution in [0.25, 0.3) is 0 Å². The molecule has 0 radical (unpaired) electrons. The van der Waals surface area contributed by atoms with Crippen LogP contribution in [-0.4, -0.2) is 48.4 Å². The summed E-state index contributed by atoms with van der Waals surface area (Å²) < 4.78 is 12.1. The van der Waals surface area contributed by atoms with Crippen LogP contribution >= 0.6 is 0 Å². The van der Waals surface area contributed by atoms with Gasteiger partial charge in [0.1, 0.15) is 18.0 Å². The maximum atomic E-state index is 12.3. The monoisotopic (exact) mass is 414 g/mol. The van der Waals surface area contributed by atoms with E-state index < -0.39 is 6.10 Å². The Morgan fingerprint density at radius 2 is 2.00 bits per heavy atom. The number of carbonyl (C=O) groups excluding carboxylic acids is 2. The predicted octanol–water partition coefficient (Wildman–Crippen LogP) is 2.34. The topological polar surface area (TPSA) is 96.9 Å². The normalized spacial score (nSPS) is 29.9. The molecule has 5 rings (SSSR count). The quantitative estimate of drug-likeness (QED) is 0.636. The molecule has 2 aliphatic carbocycles. The van der Waals surface area contributed by atoms with E-state index in [0.717, 1.165) is 42.8 Å². The molecule has 3 N–H and O–H groups in total. The van der Waals surface area contributed by atoms with Crippen LogP contribution < -0.4 is 15.4 Å². The highest BCUT2D eigenvalue weighted by molar-refractivity contribution is 5.93. The number of aliphatic hydroxyl groups is 1. The van der Waals surface area contributed by atoms with Gasteiger partial charge >= 0.3 is 0 Å². The average molecular weight is 415 g/mol. The van der Waals surface area contributed by atoms with Crippen molar-refractivity contribution in [1.82, 2.24) is 5.32 Å². The molecule has 1 aromatic rings. The van der Waals surface area contributed by atoms with E-state index in [1.165, 1.54) is 12.8 Å². The molecule has 1 aromatic carbocycles. The number of nitrogens with one attached hydrogen (secondary N) is 2.